The first-order chi connectivity index (χ1) is 10.3. The lowest BCUT2D eigenvalue weighted by molar-refractivity contribution is 0.343. The highest BCUT2D eigenvalue weighted by atomic mass is 35.5. The van der Waals surface area contributed by atoms with Gasteiger partial charge in [0, 0.05) is 4.88 Å². The first-order valence-corrected chi connectivity index (χ1v) is 8.39. The third-order valence-electron chi connectivity index (χ3n) is 3.52. The topological polar surface area (TPSA) is 27.1 Å². The first kappa shape index (κ1) is 14.4. The molecule has 21 heavy (non-hydrogen) atoms. The molecule has 110 valence electrons. The third kappa shape index (κ3) is 2.54. The quantitative estimate of drug-likeness (QED) is 0.629. The Morgan fingerprint density at radius 1 is 1.33 bits per heavy atom. The van der Waals surface area contributed by atoms with Crippen molar-refractivity contribution in [1.29, 1.82) is 0 Å². The number of ether oxygens (including phenoxy) is 1. The van der Waals surface area contributed by atoms with E-state index in [1.807, 2.05) is 19.1 Å². The van der Waals surface area contributed by atoms with Crippen molar-refractivity contribution < 1.29 is 4.74 Å². The summed E-state index contributed by atoms with van der Waals surface area (Å²) < 4.78 is 7.89. The molecule has 0 N–H and O–H groups in total. The van der Waals surface area contributed by atoms with Gasteiger partial charge in [0.15, 0.2) is 0 Å². The lowest BCUT2D eigenvalue weighted by Gasteiger charge is -2.15. The van der Waals surface area contributed by atoms with Crippen molar-refractivity contribution >= 4 is 34.0 Å². The number of thiophene rings is 1. The number of nitrogens with zero attached hydrogens (tertiary/aromatic N) is 2. The second kappa shape index (κ2) is 6.08. The molecule has 3 rings (SSSR count). The zero-order valence-electron chi connectivity index (χ0n) is 12.0. The van der Waals surface area contributed by atoms with Crippen LogP contribution in [0, 0.1) is 0 Å². The van der Waals surface area contributed by atoms with Gasteiger partial charge in [-0.1, -0.05) is 12.1 Å². The van der Waals surface area contributed by atoms with Gasteiger partial charge in [0.05, 0.1) is 24.0 Å². The van der Waals surface area contributed by atoms with Gasteiger partial charge in [0.25, 0.3) is 0 Å². The van der Waals surface area contributed by atoms with Crippen LogP contribution in [0.1, 0.15) is 30.6 Å². The second-order valence-electron chi connectivity index (χ2n) is 4.78. The van der Waals surface area contributed by atoms with Crippen molar-refractivity contribution in [3.8, 4) is 5.75 Å². The van der Waals surface area contributed by atoms with Gasteiger partial charge in [-0.15, -0.1) is 22.9 Å². The Kier molecular flexibility index (Phi) is 4.17. The van der Waals surface area contributed by atoms with Crippen LogP contribution < -0.4 is 4.74 Å². The molecule has 2 aromatic heterocycles. The fraction of sp³-hybridized carbons (Fsp3) is 0.312. The molecule has 0 saturated heterocycles. The van der Waals surface area contributed by atoms with E-state index in [2.05, 4.69) is 35.1 Å². The summed E-state index contributed by atoms with van der Waals surface area (Å²) in [6.45, 7) is 4.78. The van der Waals surface area contributed by atoms with E-state index in [1.54, 1.807) is 11.3 Å². The standard InChI is InChI=1S/C16H17ClN2OS/c1-3-20-13-7-4-6-12-16(13)18-15(10-17)19(12)11(2)14-8-5-9-21-14/h4-9,11H,3,10H2,1-2H3. The van der Waals surface area contributed by atoms with E-state index in [9.17, 15) is 0 Å². The molecule has 3 aromatic rings. The summed E-state index contributed by atoms with van der Waals surface area (Å²) in [5, 5.41) is 2.09. The highest BCUT2D eigenvalue weighted by Gasteiger charge is 2.19. The van der Waals surface area contributed by atoms with E-state index in [1.165, 1.54) is 4.88 Å². The molecule has 0 amide bonds. The molecule has 0 fully saturated rings. The summed E-state index contributed by atoms with van der Waals surface area (Å²) in [5.74, 6) is 2.08. The molecule has 3 nitrogen and oxygen atoms in total. The SMILES string of the molecule is CCOc1cccc2c1nc(CCl)n2C(C)c1cccs1. The van der Waals surface area contributed by atoms with Crippen LogP contribution in [0.25, 0.3) is 11.0 Å². The zero-order valence-corrected chi connectivity index (χ0v) is 13.6. The smallest absolute Gasteiger partial charge is 0.147 e. The summed E-state index contributed by atoms with van der Waals surface area (Å²) in [4.78, 5) is 5.99. The molecule has 1 atom stereocenters. The lowest BCUT2D eigenvalue weighted by atomic mass is 10.2. The summed E-state index contributed by atoms with van der Waals surface area (Å²) >= 11 is 7.87. The Morgan fingerprint density at radius 3 is 2.86 bits per heavy atom. The number of hydrogen-bond acceptors (Lipinski definition) is 3. The summed E-state index contributed by atoms with van der Waals surface area (Å²) in [6, 6.07) is 10.5. The van der Waals surface area contributed by atoms with E-state index in [0.717, 1.165) is 22.6 Å². The predicted octanol–water partition coefficient (Wildman–Crippen LogP) is 4.84. The van der Waals surface area contributed by atoms with Gasteiger partial charge in [0.2, 0.25) is 0 Å². The molecule has 1 aromatic carbocycles. The molecule has 1 unspecified atom stereocenters. The van der Waals surface area contributed by atoms with E-state index < -0.39 is 0 Å². The molecule has 2 heterocycles. The molecular weight excluding hydrogens is 304 g/mol. The Bertz CT molecular complexity index is 736. The number of aromatic nitrogens is 2. The van der Waals surface area contributed by atoms with Crippen LogP contribution in [0.15, 0.2) is 35.7 Å². The Labute approximate surface area is 133 Å². The number of hydrogen-bond donors (Lipinski definition) is 0. The van der Waals surface area contributed by atoms with Gasteiger partial charge in [-0.2, -0.15) is 0 Å². The molecule has 5 heteroatoms. The number of fused-ring (bicyclic) bond motifs is 1. The molecular formula is C16H17ClN2OS. The number of alkyl halides is 1. The average Bonchev–Trinajstić information content (AvgIpc) is 3.14. The highest BCUT2D eigenvalue weighted by molar-refractivity contribution is 7.10. The molecule has 0 bridgehead atoms. The van der Waals surface area contributed by atoms with Gasteiger partial charge in [-0.05, 0) is 37.4 Å². The van der Waals surface area contributed by atoms with E-state index in [4.69, 9.17) is 21.3 Å². The number of rotatable bonds is 5. The Balaban J connectivity index is 2.19. The molecule has 0 spiro atoms. The van der Waals surface area contributed by atoms with Crippen molar-refractivity contribution in [3.05, 3.63) is 46.4 Å². The van der Waals surface area contributed by atoms with Crippen LogP contribution in [-0.2, 0) is 5.88 Å². The lowest BCUT2D eigenvalue weighted by Crippen LogP contribution is -2.08. The van der Waals surface area contributed by atoms with Gasteiger partial charge in [-0.25, -0.2) is 4.98 Å². The normalized spacial score (nSPS) is 12.7. The fourth-order valence-corrected chi connectivity index (χ4v) is 3.56. The monoisotopic (exact) mass is 320 g/mol. The van der Waals surface area contributed by atoms with E-state index in [-0.39, 0.29) is 6.04 Å². The molecule has 0 aliphatic carbocycles. The van der Waals surface area contributed by atoms with Gasteiger partial charge in [0.1, 0.15) is 17.1 Å². The van der Waals surface area contributed by atoms with Crippen molar-refractivity contribution in [2.75, 3.05) is 6.61 Å². The maximum atomic E-state index is 6.12. The first-order valence-electron chi connectivity index (χ1n) is 6.98. The number of para-hydroxylation sites is 1. The highest BCUT2D eigenvalue weighted by Crippen LogP contribution is 2.32. The van der Waals surface area contributed by atoms with Crippen LogP contribution in [0.4, 0.5) is 0 Å². The maximum absolute atomic E-state index is 6.12. The van der Waals surface area contributed by atoms with Crippen LogP contribution in [0.3, 0.4) is 0 Å². The Hall–Kier alpha value is -1.52. The van der Waals surface area contributed by atoms with Crippen LogP contribution >= 0.6 is 22.9 Å². The van der Waals surface area contributed by atoms with Crippen molar-refractivity contribution in [2.24, 2.45) is 0 Å². The molecule has 0 saturated carbocycles. The van der Waals surface area contributed by atoms with Gasteiger partial charge >= 0.3 is 0 Å². The summed E-state index contributed by atoms with van der Waals surface area (Å²) in [6.07, 6.45) is 0. The number of benzene rings is 1. The van der Waals surface area contributed by atoms with Crippen LogP contribution in [0.5, 0.6) is 5.75 Å². The van der Waals surface area contributed by atoms with E-state index >= 15 is 0 Å². The third-order valence-corrected chi connectivity index (χ3v) is 4.80. The molecule has 0 radical (unpaired) electrons. The van der Waals surface area contributed by atoms with Crippen LogP contribution in [-0.4, -0.2) is 16.2 Å². The predicted molar refractivity (Wildman–Crippen MR) is 88.6 cm³/mol. The minimum Gasteiger partial charge on any atom is -0.492 e. The number of imidazole rings is 1. The number of halogens is 1. The minimum absolute atomic E-state index is 0.209. The fourth-order valence-electron chi connectivity index (χ4n) is 2.59. The maximum Gasteiger partial charge on any atom is 0.147 e. The van der Waals surface area contributed by atoms with Gasteiger partial charge in [-0.3, -0.25) is 0 Å². The molecule has 0 aliphatic heterocycles. The zero-order chi connectivity index (χ0) is 14.8. The summed E-state index contributed by atoms with van der Waals surface area (Å²) in [5.41, 5.74) is 1.95. The van der Waals surface area contributed by atoms with Crippen molar-refractivity contribution in [1.82, 2.24) is 9.55 Å². The van der Waals surface area contributed by atoms with E-state index in [0.29, 0.717) is 12.5 Å². The second-order valence-corrected chi connectivity index (χ2v) is 6.03. The van der Waals surface area contributed by atoms with Crippen LogP contribution in [0.2, 0.25) is 0 Å². The van der Waals surface area contributed by atoms with Crippen molar-refractivity contribution in [2.45, 2.75) is 25.8 Å². The Morgan fingerprint density at radius 2 is 2.19 bits per heavy atom. The summed E-state index contributed by atoms with van der Waals surface area (Å²) in [7, 11) is 0. The largest absolute Gasteiger partial charge is 0.492 e. The molecule has 0 aliphatic rings. The minimum atomic E-state index is 0.209. The van der Waals surface area contributed by atoms with Gasteiger partial charge < -0.3 is 9.30 Å². The average molecular weight is 321 g/mol. The van der Waals surface area contributed by atoms with Crippen molar-refractivity contribution in [3.63, 3.8) is 0 Å².